The van der Waals surface area contributed by atoms with Gasteiger partial charge in [-0.3, -0.25) is 4.79 Å². The first-order valence-corrected chi connectivity index (χ1v) is 8.40. The SMILES string of the molecule is O=C(Cc1cc(Cc2ccccc2)sn1)NCC1CCOC1. The minimum atomic E-state index is 0.0449. The Morgan fingerprint density at radius 2 is 2.23 bits per heavy atom. The van der Waals surface area contributed by atoms with Crippen molar-refractivity contribution >= 4 is 17.4 Å². The number of hydrogen-bond acceptors (Lipinski definition) is 4. The quantitative estimate of drug-likeness (QED) is 0.890. The highest BCUT2D eigenvalue weighted by Crippen LogP contribution is 2.16. The molecule has 1 aromatic heterocycles. The lowest BCUT2D eigenvalue weighted by molar-refractivity contribution is -0.120. The van der Waals surface area contributed by atoms with Gasteiger partial charge in [0.1, 0.15) is 0 Å². The molecular formula is C17H20N2O2S. The molecule has 1 N–H and O–H groups in total. The number of ether oxygens (including phenoxy) is 1. The van der Waals surface area contributed by atoms with Gasteiger partial charge in [-0.2, -0.15) is 4.37 Å². The molecule has 0 saturated carbocycles. The van der Waals surface area contributed by atoms with E-state index >= 15 is 0 Å². The van der Waals surface area contributed by atoms with Gasteiger partial charge in [-0.15, -0.1) is 0 Å². The van der Waals surface area contributed by atoms with Gasteiger partial charge < -0.3 is 10.1 Å². The van der Waals surface area contributed by atoms with E-state index in [9.17, 15) is 4.79 Å². The third kappa shape index (κ3) is 4.39. The summed E-state index contributed by atoms with van der Waals surface area (Å²) in [6.45, 7) is 2.29. The van der Waals surface area contributed by atoms with Crippen molar-refractivity contribution < 1.29 is 9.53 Å². The van der Waals surface area contributed by atoms with Crippen molar-refractivity contribution in [2.75, 3.05) is 19.8 Å². The number of hydrogen-bond donors (Lipinski definition) is 1. The molecule has 1 saturated heterocycles. The average molecular weight is 316 g/mol. The summed E-state index contributed by atoms with van der Waals surface area (Å²) in [7, 11) is 0. The smallest absolute Gasteiger partial charge is 0.226 e. The molecule has 0 radical (unpaired) electrons. The maximum Gasteiger partial charge on any atom is 0.226 e. The van der Waals surface area contributed by atoms with Crippen LogP contribution in [0.5, 0.6) is 0 Å². The number of nitrogens with one attached hydrogen (secondary N) is 1. The number of benzene rings is 1. The molecule has 0 aliphatic carbocycles. The standard InChI is InChI=1S/C17H20N2O2S/c20-17(18-11-14-6-7-21-12-14)10-15-9-16(22-19-15)8-13-4-2-1-3-5-13/h1-5,9,14H,6-8,10-12H2,(H,18,20). The first kappa shape index (κ1) is 15.2. The molecule has 1 aliphatic rings. The second-order valence-electron chi connectivity index (χ2n) is 5.66. The molecule has 1 aromatic carbocycles. The van der Waals surface area contributed by atoms with E-state index in [0.717, 1.165) is 31.7 Å². The first-order valence-electron chi connectivity index (χ1n) is 7.62. The van der Waals surface area contributed by atoms with Crippen molar-refractivity contribution in [1.82, 2.24) is 9.69 Å². The van der Waals surface area contributed by atoms with Gasteiger partial charge in [0.15, 0.2) is 0 Å². The lowest BCUT2D eigenvalue weighted by atomic mass is 10.1. The summed E-state index contributed by atoms with van der Waals surface area (Å²) in [6, 6.07) is 12.3. The summed E-state index contributed by atoms with van der Waals surface area (Å²) in [5.74, 6) is 0.511. The van der Waals surface area contributed by atoms with Crippen molar-refractivity contribution in [3.63, 3.8) is 0 Å². The van der Waals surface area contributed by atoms with Crippen LogP contribution in [0.3, 0.4) is 0 Å². The van der Waals surface area contributed by atoms with Crippen molar-refractivity contribution in [1.29, 1.82) is 0 Å². The van der Waals surface area contributed by atoms with Gasteiger partial charge in [-0.25, -0.2) is 0 Å². The molecule has 1 fully saturated rings. The number of aromatic nitrogens is 1. The van der Waals surface area contributed by atoms with Crippen molar-refractivity contribution in [3.05, 3.63) is 52.5 Å². The molecule has 1 atom stereocenters. The van der Waals surface area contributed by atoms with Gasteiger partial charge in [-0.05, 0) is 29.6 Å². The number of amides is 1. The molecule has 0 bridgehead atoms. The van der Waals surface area contributed by atoms with Crippen LogP contribution >= 0.6 is 11.5 Å². The maximum atomic E-state index is 11.9. The predicted molar refractivity (Wildman–Crippen MR) is 87.0 cm³/mol. The van der Waals surface area contributed by atoms with Crippen molar-refractivity contribution in [2.24, 2.45) is 5.92 Å². The maximum absolute atomic E-state index is 11.9. The van der Waals surface area contributed by atoms with Crippen LogP contribution in [0.4, 0.5) is 0 Å². The molecule has 2 aromatic rings. The third-order valence-electron chi connectivity index (χ3n) is 3.78. The van der Waals surface area contributed by atoms with E-state index in [1.807, 2.05) is 24.3 Å². The largest absolute Gasteiger partial charge is 0.381 e. The van der Waals surface area contributed by atoms with Crippen LogP contribution in [0, 0.1) is 5.92 Å². The monoisotopic (exact) mass is 316 g/mol. The van der Waals surface area contributed by atoms with Crippen LogP contribution in [0.25, 0.3) is 0 Å². The fourth-order valence-electron chi connectivity index (χ4n) is 2.55. The average Bonchev–Trinajstić information content (AvgIpc) is 3.18. The first-order chi connectivity index (χ1) is 10.8. The molecule has 3 rings (SSSR count). The molecule has 2 heterocycles. The minimum absolute atomic E-state index is 0.0449. The summed E-state index contributed by atoms with van der Waals surface area (Å²) in [4.78, 5) is 13.1. The minimum Gasteiger partial charge on any atom is -0.381 e. The third-order valence-corrected chi connectivity index (χ3v) is 4.60. The number of nitrogens with zero attached hydrogens (tertiary/aromatic N) is 1. The number of rotatable bonds is 6. The van der Waals surface area contributed by atoms with E-state index in [1.54, 1.807) is 0 Å². The molecule has 1 unspecified atom stereocenters. The van der Waals surface area contributed by atoms with Crippen molar-refractivity contribution in [3.8, 4) is 0 Å². The van der Waals surface area contributed by atoms with Crippen molar-refractivity contribution in [2.45, 2.75) is 19.3 Å². The van der Waals surface area contributed by atoms with E-state index < -0.39 is 0 Å². The van der Waals surface area contributed by atoms with Crippen LogP contribution in [0.1, 0.15) is 22.6 Å². The van der Waals surface area contributed by atoms with Gasteiger partial charge in [0.25, 0.3) is 0 Å². The normalized spacial score (nSPS) is 17.5. The Morgan fingerprint density at radius 1 is 1.36 bits per heavy atom. The zero-order chi connectivity index (χ0) is 15.2. The summed E-state index contributed by atoms with van der Waals surface area (Å²) < 4.78 is 9.69. The van der Waals surface area contributed by atoms with Gasteiger partial charge in [0.2, 0.25) is 5.91 Å². The highest BCUT2D eigenvalue weighted by molar-refractivity contribution is 7.05. The van der Waals surface area contributed by atoms with Gasteiger partial charge >= 0.3 is 0 Å². The van der Waals surface area contributed by atoms with E-state index in [4.69, 9.17) is 4.74 Å². The Balaban J connectivity index is 1.47. The molecular weight excluding hydrogens is 296 g/mol. The van der Waals surface area contributed by atoms with E-state index in [0.29, 0.717) is 18.9 Å². The van der Waals surface area contributed by atoms with Crippen LogP contribution in [0.15, 0.2) is 36.4 Å². The lowest BCUT2D eigenvalue weighted by Crippen LogP contribution is -2.30. The summed E-state index contributed by atoms with van der Waals surface area (Å²) >= 11 is 1.48. The van der Waals surface area contributed by atoms with Crippen LogP contribution in [0.2, 0.25) is 0 Å². The fourth-order valence-corrected chi connectivity index (χ4v) is 3.32. The summed E-state index contributed by atoms with van der Waals surface area (Å²) in [5.41, 5.74) is 2.12. The molecule has 1 amide bonds. The van der Waals surface area contributed by atoms with Crippen LogP contribution in [-0.4, -0.2) is 30.0 Å². The number of carbonyl (C=O) groups excluding carboxylic acids is 1. The van der Waals surface area contributed by atoms with Gasteiger partial charge in [0.05, 0.1) is 18.7 Å². The van der Waals surface area contributed by atoms with E-state index in [1.165, 1.54) is 22.0 Å². The molecule has 0 spiro atoms. The lowest BCUT2D eigenvalue weighted by Gasteiger charge is -2.08. The number of carbonyl (C=O) groups is 1. The Morgan fingerprint density at radius 3 is 3.00 bits per heavy atom. The van der Waals surface area contributed by atoms with Crippen LogP contribution in [-0.2, 0) is 22.4 Å². The molecule has 116 valence electrons. The molecule has 5 heteroatoms. The highest BCUT2D eigenvalue weighted by atomic mass is 32.1. The molecule has 4 nitrogen and oxygen atoms in total. The summed E-state index contributed by atoms with van der Waals surface area (Å²) in [6.07, 6.45) is 2.27. The summed E-state index contributed by atoms with van der Waals surface area (Å²) in [5, 5.41) is 2.98. The molecule has 1 aliphatic heterocycles. The Labute approximate surface area is 134 Å². The van der Waals surface area contributed by atoms with Gasteiger partial charge in [0, 0.05) is 30.4 Å². The van der Waals surface area contributed by atoms with Gasteiger partial charge in [-0.1, -0.05) is 30.3 Å². The highest BCUT2D eigenvalue weighted by Gasteiger charge is 2.16. The Hall–Kier alpha value is -1.72. The zero-order valence-electron chi connectivity index (χ0n) is 12.5. The van der Waals surface area contributed by atoms with E-state index in [2.05, 4.69) is 21.8 Å². The fraction of sp³-hybridized carbons (Fsp3) is 0.412. The zero-order valence-corrected chi connectivity index (χ0v) is 13.3. The Bertz CT molecular complexity index is 606. The topological polar surface area (TPSA) is 51.2 Å². The second kappa shape index (κ2) is 7.51. The second-order valence-corrected chi connectivity index (χ2v) is 6.55. The predicted octanol–water partition coefficient (Wildman–Crippen LogP) is 2.43. The Kier molecular flexibility index (Phi) is 5.19. The van der Waals surface area contributed by atoms with Crippen LogP contribution < -0.4 is 5.32 Å². The van der Waals surface area contributed by atoms with E-state index in [-0.39, 0.29) is 5.91 Å². The molecule has 22 heavy (non-hydrogen) atoms.